The number of aromatic nitrogens is 2. The molecule has 1 aliphatic rings. The highest BCUT2D eigenvalue weighted by molar-refractivity contribution is 5.80. The summed E-state index contributed by atoms with van der Waals surface area (Å²) >= 11 is 0. The molecule has 0 amide bonds. The van der Waals surface area contributed by atoms with Crippen molar-refractivity contribution in [3.05, 3.63) is 36.0 Å². The van der Waals surface area contributed by atoms with E-state index in [9.17, 15) is 0 Å². The van der Waals surface area contributed by atoms with Crippen LogP contribution < -0.4 is 4.90 Å². The van der Waals surface area contributed by atoms with Crippen LogP contribution in [0.4, 0.5) is 5.69 Å². The van der Waals surface area contributed by atoms with Gasteiger partial charge in [-0.2, -0.15) is 5.10 Å². The van der Waals surface area contributed by atoms with Crippen LogP contribution in [-0.2, 0) is 13.5 Å². The number of hydrogen-bond donors (Lipinski definition) is 0. The van der Waals surface area contributed by atoms with Gasteiger partial charge in [0.25, 0.3) is 0 Å². The number of rotatable bonds is 0. The fraction of sp³-hybridized carbons (Fsp3) is 0.250. The molecular weight excluding hydrogens is 186 g/mol. The number of aryl methyl sites for hydroxylation is 1. The summed E-state index contributed by atoms with van der Waals surface area (Å²) in [6.45, 7) is -4.56. The first-order valence-corrected chi connectivity index (χ1v) is 4.64. The molecule has 0 unspecified atom stereocenters. The van der Waals surface area contributed by atoms with Crippen molar-refractivity contribution in [2.75, 3.05) is 11.9 Å². The maximum atomic E-state index is 7.65. The first-order chi connectivity index (χ1) is 9.68. The zero-order valence-electron chi connectivity index (χ0n) is 13.9. The standard InChI is InChI=1S/C12H13N3/c1-14-7-9-8-15(2)13-12(9)10-5-3-4-6-11(10)14/h3-6,8H,7H2,1-2H3/i1D3,2D3. The summed E-state index contributed by atoms with van der Waals surface area (Å²) in [5.74, 6) is 0. The lowest BCUT2D eigenvalue weighted by Crippen LogP contribution is -2.20. The monoisotopic (exact) mass is 205 g/mol. The molecule has 3 nitrogen and oxygen atoms in total. The first-order valence-electron chi connectivity index (χ1n) is 7.64. The third-order valence-electron chi connectivity index (χ3n) is 2.57. The van der Waals surface area contributed by atoms with Crippen LogP contribution in [0, 0.1) is 0 Å². The van der Waals surface area contributed by atoms with Crippen molar-refractivity contribution in [1.29, 1.82) is 0 Å². The Morgan fingerprint density at radius 2 is 2.27 bits per heavy atom. The lowest BCUT2D eigenvalue weighted by molar-refractivity contribution is 0.770. The van der Waals surface area contributed by atoms with Crippen LogP contribution in [0.3, 0.4) is 0 Å². The highest BCUT2D eigenvalue weighted by Gasteiger charge is 2.21. The van der Waals surface area contributed by atoms with Gasteiger partial charge >= 0.3 is 0 Å². The summed E-state index contributed by atoms with van der Waals surface area (Å²) in [4.78, 5) is 1.29. The third kappa shape index (κ3) is 1.16. The highest BCUT2D eigenvalue weighted by atomic mass is 15.3. The molecule has 3 rings (SSSR count). The van der Waals surface area contributed by atoms with E-state index in [4.69, 9.17) is 8.22 Å². The Balaban J connectivity index is 2.19. The molecular formula is C12H13N3. The predicted molar refractivity (Wildman–Crippen MR) is 60.8 cm³/mol. The molecule has 0 fully saturated rings. The summed E-state index contributed by atoms with van der Waals surface area (Å²) in [6.07, 6.45) is 1.40. The average Bonchev–Trinajstić information content (AvgIpc) is 2.80. The predicted octanol–water partition coefficient (Wildman–Crippen LogP) is 2.04. The topological polar surface area (TPSA) is 21.1 Å². The quantitative estimate of drug-likeness (QED) is 0.656. The number of hydrogen-bond acceptors (Lipinski definition) is 2. The molecule has 0 aliphatic carbocycles. The molecule has 3 heteroatoms. The van der Waals surface area contributed by atoms with Crippen molar-refractivity contribution >= 4 is 5.69 Å². The molecule has 76 valence electrons. The van der Waals surface area contributed by atoms with E-state index in [2.05, 4.69) is 5.10 Å². The van der Waals surface area contributed by atoms with E-state index in [1.807, 2.05) is 0 Å². The minimum absolute atomic E-state index is 0.110. The summed E-state index contributed by atoms with van der Waals surface area (Å²) in [5, 5.41) is 4.12. The normalized spacial score (nSPS) is 21.2. The van der Waals surface area contributed by atoms with Gasteiger partial charge in [-0.3, -0.25) is 4.68 Å². The van der Waals surface area contributed by atoms with Gasteiger partial charge in [0, 0.05) is 51.7 Å². The van der Waals surface area contributed by atoms with E-state index in [1.54, 1.807) is 24.3 Å². The molecule has 1 aromatic carbocycles. The van der Waals surface area contributed by atoms with Crippen molar-refractivity contribution in [3.8, 4) is 11.3 Å². The van der Waals surface area contributed by atoms with Crippen LogP contribution in [0.5, 0.6) is 0 Å². The Morgan fingerprint density at radius 3 is 3.13 bits per heavy atom. The van der Waals surface area contributed by atoms with Crippen LogP contribution >= 0.6 is 0 Å². The fourth-order valence-corrected chi connectivity index (χ4v) is 1.92. The zero-order valence-corrected chi connectivity index (χ0v) is 7.94. The van der Waals surface area contributed by atoms with Gasteiger partial charge in [0.2, 0.25) is 0 Å². The maximum absolute atomic E-state index is 7.65. The summed E-state index contributed by atoms with van der Waals surface area (Å²) < 4.78 is 46.1. The van der Waals surface area contributed by atoms with E-state index in [0.29, 0.717) is 22.5 Å². The smallest absolute Gasteiger partial charge is 0.0993 e. The molecule has 0 atom stereocenters. The molecule has 1 aliphatic heterocycles. The van der Waals surface area contributed by atoms with Crippen LogP contribution in [0.15, 0.2) is 30.5 Å². The van der Waals surface area contributed by atoms with Crippen molar-refractivity contribution in [1.82, 2.24) is 9.78 Å². The van der Waals surface area contributed by atoms with E-state index < -0.39 is 14.0 Å². The van der Waals surface area contributed by atoms with Crippen molar-refractivity contribution in [3.63, 3.8) is 0 Å². The first kappa shape index (κ1) is 4.39. The molecule has 2 aromatic rings. The number of anilines is 1. The van der Waals surface area contributed by atoms with E-state index >= 15 is 0 Å². The lowest BCUT2D eigenvalue weighted by Gasteiger charge is -2.26. The Labute approximate surface area is 97.4 Å². The maximum Gasteiger partial charge on any atom is 0.0993 e. The van der Waals surface area contributed by atoms with Crippen LogP contribution in [0.2, 0.25) is 0 Å². The number of para-hydroxylation sites is 1. The molecule has 1 aromatic heterocycles. The molecule has 0 bridgehead atoms. The molecule has 0 spiro atoms. The molecule has 0 radical (unpaired) electrons. The Kier molecular flexibility index (Phi) is 0.837. The third-order valence-corrected chi connectivity index (χ3v) is 2.57. The van der Waals surface area contributed by atoms with E-state index in [1.165, 1.54) is 11.1 Å². The van der Waals surface area contributed by atoms with Crippen LogP contribution in [0.25, 0.3) is 11.3 Å². The Bertz CT molecular complexity index is 685. The Hall–Kier alpha value is -1.77. The van der Waals surface area contributed by atoms with Crippen molar-refractivity contribution < 1.29 is 8.22 Å². The second-order valence-electron chi connectivity index (χ2n) is 3.55. The van der Waals surface area contributed by atoms with Gasteiger partial charge < -0.3 is 4.90 Å². The second kappa shape index (κ2) is 2.86. The highest BCUT2D eigenvalue weighted by Crippen LogP contribution is 2.36. The van der Waals surface area contributed by atoms with E-state index in [-0.39, 0.29) is 6.54 Å². The molecule has 0 saturated heterocycles. The van der Waals surface area contributed by atoms with Gasteiger partial charge in [0.05, 0.1) is 5.69 Å². The molecule has 0 saturated carbocycles. The van der Waals surface area contributed by atoms with E-state index in [0.717, 1.165) is 4.68 Å². The average molecular weight is 205 g/mol. The van der Waals surface area contributed by atoms with Gasteiger partial charge in [-0.05, 0) is 6.07 Å². The number of benzene rings is 1. The van der Waals surface area contributed by atoms with Crippen molar-refractivity contribution in [2.24, 2.45) is 6.98 Å². The SMILES string of the molecule is [2H]C([2H])([2H])N1Cc2cn(C([2H])([2H])[2H])nc2-c2ccccc21. The van der Waals surface area contributed by atoms with Crippen LogP contribution in [0.1, 0.15) is 13.8 Å². The van der Waals surface area contributed by atoms with Crippen LogP contribution in [-0.4, -0.2) is 16.8 Å². The van der Waals surface area contributed by atoms with Gasteiger partial charge in [0.15, 0.2) is 0 Å². The van der Waals surface area contributed by atoms with Gasteiger partial charge in [-0.1, -0.05) is 18.2 Å². The Morgan fingerprint density at radius 1 is 1.33 bits per heavy atom. The minimum atomic E-state index is -2.38. The fourth-order valence-electron chi connectivity index (χ4n) is 1.92. The second-order valence-corrected chi connectivity index (χ2v) is 3.55. The zero-order chi connectivity index (χ0) is 15.4. The molecule has 15 heavy (non-hydrogen) atoms. The minimum Gasteiger partial charge on any atom is -0.370 e. The number of fused-ring (bicyclic) bond motifs is 3. The van der Waals surface area contributed by atoms with Gasteiger partial charge in [0.1, 0.15) is 0 Å². The summed E-state index contributed by atoms with van der Waals surface area (Å²) in [5.41, 5.74) is 2.31. The summed E-state index contributed by atoms with van der Waals surface area (Å²) in [7, 11) is 0. The lowest BCUT2D eigenvalue weighted by atomic mass is 10.0. The van der Waals surface area contributed by atoms with Gasteiger partial charge in [-0.15, -0.1) is 0 Å². The summed E-state index contributed by atoms with van der Waals surface area (Å²) in [6, 6.07) is 6.99. The number of nitrogens with zero attached hydrogens (tertiary/aromatic N) is 3. The molecule has 0 N–H and O–H groups in total. The van der Waals surface area contributed by atoms with Crippen molar-refractivity contribution in [2.45, 2.75) is 6.54 Å². The van der Waals surface area contributed by atoms with Gasteiger partial charge in [-0.25, -0.2) is 0 Å². The molecule has 2 heterocycles. The largest absolute Gasteiger partial charge is 0.370 e.